The van der Waals surface area contributed by atoms with Gasteiger partial charge in [0, 0.05) is 19.3 Å². The molecule has 1 aliphatic carbocycles. The molecule has 2 aliphatic rings. The van der Waals surface area contributed by atoms with Gasteiger partial charge >= 0.3 is 12.1 Å². The van der Waals surface area contributed by atoms with Gasteiger partial charge in [-0.2, -0.15) is 13.2 Å². The maximum atomic E-state index is 13.4. The number of carbonyl (C=O) groups is 2. The third kappa shape index (κ3) is 2.52. The molecule has 1 saturated heterocycles. The van der Waals surface area contributed by atoms with Gasteiger partial charge in [-0.3, -0.25) is 4.79 Å². The van der Waals surface area contributed by atoms with E-state index in [2.05, 4.69) is 4.74 Å². The summed E-state index contributed by atoms with van der Waals surface area (Å²) < 4.78 is 83.0. The Labute approximate surface area is 121 Å². The van der Waals surface area contributed by atoms with Gasteiger partial charge in [0.25, 0.3) is 5.92 Å². The average Bonchev–Trinajstić information content (AvgIpc) is 2.74. The molecule has 0 aromatic heterocycles. The molecule has 0 aromatic carbocycles. The summed E-state index contributed by atoms with van der Waals surface area (Å²) >= 11 is 0. The Balaban J connectivity index is 2.30. The number of amides is 1. The normalized spacial score (nSPS) is 29.9. The molecule has 2 fully saturated rings. The highest BCUT2D eigenvalue weighted by Gasteiger charge is 2.75. The van der Waals surface area contributed by atoms with Gasteiger partial charge in [0.2, 0.25) is 5.91 Å². The molecule has 10 heteroatoms. The number of halogens is 6. The smallest absolute Gasteiger partial charge is 0.403 e. The fourth-order valence-electron chi connectivity index (χ4n) is 2.95. The van der Waals surface area contributed by atoms with E-state index in [1.165, 1.54) is 0 Å². The molecule has 22 heavy (non-hydrogen) atoms. The molecular formula is C12H13F6NO3. The molecule has 0 radical (unpaired) electrons. The highest BCUT2D eigenvalue weighted by atomic mass is 19.4. The van der Waals surface area contributed by atoms with Gasteiger partial charge in [-0.1, -0.05) is 0 Å². The lowest BCUT2D eigenvalue weighted by molar-refractivity contribution is -0.299. The first kappa shape index (κ1) is 16.9. The molecule has 0 unspecified atom stereocenters. The van der Waals surface area contributed by atoms with Gasteiger partial charge < -0.3 is 9.64 Å². The maximum absolute atomic E-state index is 13.4. The maximum Gasteiger partial charge on any atom is 0.403 e. The monoisotopic (exact) mass is 333 g/mol. The molecular weight excluding hydrogens is 320 g/mol. The molecule has 1 aliphatic heterocycles. The molecule has 2 atom stereocenters. The van der Waals surface area contributed by atoms with E-state index in [4.69, 9.17) is 0 Å². The van der Waals surface area contributed by atoms with Gasteiger partial charge in [0.05, 0.1) is 13.7 Å². The van der Waals surface area contributed by atoms with E-state index >= 15 is 0 Å². The van der Waals surface area contributed by atoms with Crippen LogP contribution in [0.2, 0.25) is 0 Å². The zero-order valence-electron chi connectivity index (χ0n) is 11.4. The van der Waals surface area contributed by atoms with Crippen molar-refractivity contribution in [2.24, 2.45) is 5.41 Å². The van der Waals surface area contributed by atoms with Crippen molar-refractivity contribution in [3.05, 3.63) is 0 Å². The van der Waals surface area contributed by atoms with Crippen molar-refractivity contribution >= 4 is 11.9 Å². The highest BCUT2D eigenvalue weighted by Crippen LogP contribution is 2.61. The van der Waals surface area contributed by atoms with Gasteiger partial charge in [-0.05, 0) is 0 Å². The Morgan fingerprint density at radius 1 is 1.23 bits per heavy atom. The Hall–Kier alpha value is -1.48. The second-order valence-electron chi connectivity index (χ2n) is 5.62. The zero-order valence-corrected chi connectivity index (χ0v) is 11.4. The van der Waals surface area contributed by atoms with Crippen molar-refractivity contribution in [1.82, 2.24) is 4.90 Å². The number of rotatable bonds is 2. The van der Waals surface area contributed by atoms with Gasteiger partial charge in [-0.15, -0.1) is 0 Å². The van der Waals surface area contributed by atoms with Crippen LogP contribution >= 0.6 is 0 Å². The van der Waals surface area contributed by atoms with Crippen molar-refractivity contribution in [1.29, 1.82) is 0 Å². The summed E-state index contributed by atoms with van der Waals surface area (Å²) in [7, 11) is 0.938. The second kappa shape index (κ2) is 5.02. The summed E-state index contributed by atoms with van der Waals surface area (Å²) in [5.74, 6) is -6.38. The van der Waals surface area contributed by atoms with Crippen LogP contribution in [-0.4, -0.2) is 54.7 Å². The van der Waals surface area contributed by atoms with E-state index in [-0.39, 0.29) is 0 Å². The predicted octanol–water partition coefficient (Wildman–Crippen LogP) is 2.08. The summed E-state index contributed by atoms with van der Waals surface area (Å²) in [5, 5.41) is 0. The first-order chi connectivity index (χ1) is 9.93. The molecule has 0 bridgehead atoms. The van der Waals surface area contributed by atoms with Crippen molar-refractivity contribution in [3.63, 3.8) is 0 Å². The third-order valence-electron chi connectivity index (χ3n) is 4.06. The Morgan fingerprint density at radius 2 is 1.77 bits per heavy atom. The molecule has 0 spiro atoms. The molecule has 4 nitrogen and oxygen atoms in total. The zero-order chi connectivity index (χ0) is 16.9. The van der Waals surface area contributed by atoms with Crippen LogP contribution in [0, 0.1) is 5.41 Å². The van der Waals surface area contributed by atoms with Crippen LogP contribution in [0.1, 0.15) is 19.3 Å². The standard InChI is InChI=1S/C12H13F6NO3/c1-22-8(20)7-2-6(13)3-19(7)9(21)10(12(16,17)18)4-11(14,15)5-10/h6-7H,2-5H2,1H3/t6-,7+/m1/s1. The number of hydrogen-bond donors (Lipinski definition) is 0. The number of methoxy groups -OCH3 is 1. The quantitative estimate of drug-likeness (QED) is 0.574. The number of alkyl halides is 6. The van der Waals surface area contributed by atoms with Crippen LogP contribution in [0.5, 0.6) is 0 Å². The number of carbonyl (C=O) groups excluding carboxylic acids is 2. The van der Waals surface area contributed by atoms with Crippen LogP contribution in [0.4, 0.5) is 26.3 Å². The highest BCUT2D eigenvalue weighted by molar-refractivity contribution is 5.90. The van der Waals surface area contributed by atoms with Crippen molar-refractivity contribution in [2.45, 2.75) is 43.6 Å². The number of nitrogens with zero attached hydrogens (tertiary/aromatic N) is 1. The fourth-order valence-corrected chi connectivity index (χ4v) is 2.95. The molecule has 1 amide bonds. The van der Waals surface area contributed by atoms with E-state index in [1.54, 1.807) is 0 Å². The first-order valence-electron chi connectivity index (χ1n) is 6.41. The van der Waals surface area contributed by atoms with Gasteiger partial charge in [0.1, 0.15) is 12.2 Å². The fraction of sp³-hybridized carbons (Fsp3) is 0.833. The van der Waals surface area contributed by atoms with Crippen LogP contribution < -0.4 is 0 Å². The van der Waals surface area contributed by atoms with Crippen molar-refractivity contribution in [2.75, 3.05) is 13.7 Å². The Kier molecular flexibility index (Phi) is 3.85. The third-order valence-corrected chi connectivity index (χ3v) is 4.06. The number of hydrogen-bond acceptors (Lipinski definition) is 3. The molecule has 1 saturated carbocycles. The summed E-state index contributed by atoms with van der Waals surface area (Å²) in [4.78, 5) is 24.0. The lowest BCUT2D eigenvalue weighted by atomic mass is 9.64. The minimum atomic E-state index is -5.21. The molecule has 126 valence electrons. The van der Waals surface area contributed by atoms with E-state index in [0.717, 1.165) is 7.11 Å². The largest absolute Gasteiger partial charge is 0.467 e. The second-order valence-corrected chi connectivity index (χ2v) is 5.62. The Bertz CT molecular complexity index is 484. The van der Waals surface area contributed by atoms with Crippen molar-refractivity contribution < 1.29 is 40.7 Å². The predicted molar refractivity (Wildman–Crippen MR) is 59.7 cm³/mol. The van der Waals surface area contributed by atoms with E-state index in [9.17, 15) is 35.9 Å². The van der Waals surface area contributed by atoms with Gasteiger partial charge in [0.15, 0.2) is 5.41 Å². The van der Waals surface area contributed by atoms with Crippen LogP contribution in [0.3, 0.4) is 0 Å². The minimum absolute atomic E-state index is 0.374. The summed E-state index contributed by atoms with van der Waals surface area (Å²) in [6.45, 7) is -0.748. The summed E-state index contributed by atoms with van der Waals surface area (Å²) in [6, 6.07) is -1.53. The van der Waals surface area contributed by atoms with Crippen LogP contribution in [0.25, 0.3) is 0 Å². The lowest BCUT2D eigenvalue weighted by Crippen LogP contribution is -2.64. The van der Waals surface area contributed by atoms with Gasteiger partial charge in [-0.25, -0.2) is 18.0 Å². The lowest BCUT2D eigenvalue weighted by Gasteiger charge is -2.48. The van der Waals surface area contributed by atoms with Crippen molar-refractivity contribution in [3.8, 4) is 0 Å². The molecule has 0 N–H and O–H groups in total. The van der Waals surface area contributed by atoms with E-state index in [0.29, 0.717) is 4.90 Å². The topological polar surface area (TPSA) is 46.6 Å². The molecule has 0 aromatic rings. The van der Waals surface area contributed by atoms with E-state index < -0.39 is 67.4 Å². The van der Waals surface area contributed by atoms with Crippen LogP contribution in [-0.2, 0) is 14.3 Å². The molecule has 1 heterocycles. The minimum Gasteiger partial charge on any atom is -0.467 e. The summed E-state index contributed by atoms with van der Waals surface area (Å²) in [5.41, 5.74) is -3.27. The first-order valence-corrected chi connectivity index (χ1v) is 6.41. The number of likely N-dealkylation sites (tertiary alicyclic amines) is 1. The Morgan fingerprint density at radius 3 is 2.18 bits per heavy atom. The summed E-state index contributed by atoms with van der Waals surface area (Å²) in [6.07, 6.45) is -10.8. The van der Waals surface area contributed by atoms with Crippen LogP contribution in [0.15, 0.2) is 0 Å². The molecule has 2 rings (SSSR count). The number of ether oxygens (including phenoxy) is 1. The van der Waals surface area contributed by atoms with E-state index in [1.807, 2.05) is 0 Å². The number of esters is 1. The average molecular weight is 333 g/mol. The SMILES string of the molecule is COC(=O)[C@@H]1C[C@@H](F)CN1C(=O)C1(C(F)(F)F)CC(F)(F)C1.